The van der Waals surface area contributed by atoms with Gasteiger partial charge in [0.25, 0.3) is 0 Å². The number of aromatic nitrogens is 1. The lowest BCUT2D eigenvalue weighted by atomic mass is 9.87. The average molecular weight is 254 g/mol. The molecule has 2 unspecified atom stereocenters. The molecule has 2 atom stereocenters. The van der Waals surface area contributed by atoms with Crippen LogP contribution in [0.15, 0.2) is 18.3 Å². The molecule has 17 heavy (non-hydrogen) atoms. The van der Waals surface area contributed by atoms with Gasteiger partial charge in [0.1, 0.15) is 0 Å². The number of nitrogens with zero attached hydrogens (tertiary/aromatic N) is 2. The Morgan fingerprint density at radius 1 is 1.59 bits per heavy atom. The maximum Gasteiger partial charge on any atom is 0.0558 e. The molecule has 0 radical (unpaired) electrons. The van der Waals surface area contributed by atoms with Gasteiger partial charge in [0, 0.05) is 24.3 Å². The van der Waals surface area contributed by atoms with Gasteiger partial charge in [-0.25, -0.2) is 0 Å². The molecule has 1 aromatic heterocycles. The van der Waals surface area contributed by atoms with Gasteiger partial charge in [0.15, 0.2) is 0 Å². The van der Waals surface area contributed by atoms with E-state index in [1.807, 2.05) is 12.1 Å². The first kappa shape index (κ1) is 12.8. The fourth-order valence-electron chi connectivity index (χ4n) is 2.44. The van der Waals surface area contributed by atoms with Crippen LogP contribution in [0, 0.1) is 11.8 Å². The molecule has 0 spiro atoms. The van der Waals surface area contributed by atoms with Crippen molar-refractivity contribution in [3.63, 3.8) is 0 Å². The van der Waals surface area contributed by atoms with Gasteiger partial charge < -0.3 is 5.73 Å². The Morgan fingerprint density at radius 2 is 2.41 bits per heavy atom. The summed E-state index contributed by atoms with van der Waals surface area (Å²) in [6, 6.07) is 3.75. The third kappa shape index (κ3) is 3.41. The normalized spacial score (nSPS) is 26.1. The molecule has 2 N–H and O–H groups in total. The van der Waals surface area contributed by atoms with E-state index >= 15 is 0 Å². The molecule has 1 fully saturated rings. The summed E-state index contributed by atoms with van der Waals surface area (Å²) in [7, 11) is 0. The van der Waals surface area contributed by atoms with Crippen molar-refractivity contribution in [1.82, 2.24) is 9.88 Å². The minimum absolute atomic E-state index is 0.614. The molecule has 2 heterocycles. The summed E-state index contributed by atoms with van der Waals surface area (Å²) in [5, 5.41) is 0.760. The molecule has 0 aromatic carbocycles. The van der Waals surface area contributed by atoms with E-state index in [1.54, 1.807) is 6.20 Å². The molecule has 0 saturated carbocycles. The van der Waals surface area contributed by atoms with Gasteiger partial charge in [-0.2, -0.15) is 0 Å². The Hall–Kier alpha value is -0.640. The minimum Gasteiger partial charge on any atom is -0.330 e. The Bertz CT molecular complexity index is 369. The first-order chi connectivity index (χ1) is 8.19. The molecule has 0 aliphatic carbocycles. The second-order valence-corrected chi connectivity index (χ2v) is 5.40. The fraction of sp³-hybridized carbons (Fsp3) is 0.615. The number of hydrogen-bond acceptors (Lipinski definition) is 3. The molecule has 1 saturated heterocycles. The average Bonchev–Trinajstić information content (AvgIpc) is 2.32. The van der Waals surface area contributed by atoms with E-state index in [0.717, 1.165) is 42.8 Å². The van der Waals surface area contributed by atoms with E-state index in [0.29, 0.717) is 5.92 Å². The predicted molar refractivity (Wildman–Crippen MR) is 70.8 cm³/mol. The summed E-state index contributed by atoms with van der Waals surface area (Å²) in [4.78, 5) is 6.77. The Balaban J connectivity index is 1.95. The van der Waals surface area contributed by atoms with Crippen molar-refractivity contribution in [2.24, 2.45) is 17.6 Å². The van der Waals surface area contributed by atoms with Crippen molar-refractivity contribution in [3.05, 3.63) is 29.0 Å². The number of piperidine rings is 1. The van der Waals surface area contributed by atoms with Crippen LogP contribution in [0.1, 0.15) is 19.0 Å². The van der Waals surface area contributed by atoms with Gasteiger partial charge in [-0.1, -0.05) is 18.5 Å². The minimum atomic E-state index is 0.614. The summed E-state index contributed by atoms with van der Waals surface area (Å²) < 4.78 is 0. The van der Waals surface area contributed by atoms with E-state index in [2.05, 4.69) is 16.8 Å². The molecular formula is C13H20ClN3. The van der Waals surface area contributed by atoms with Crippen molar-refractivity contribution in [3.8, 4) is 0 Å². The van der Waals surface area contributed by atoms with E-state index in [1.165, 1.54) is 6.42 Å². The zero-order chi connectivity index (χ0) is 12.3. The van der Waals surface area contributed by atoms with Gasteiger partial charge in [0.2, 0.25) is 0 Å². The number of pyridine rings is 1. The summed E-state index contributed by atoms with van der Waals surface area (Å²) in [6.07, 6.45) is 2.99. The van der Waals surface area contributed by atoms with Crippen LogP contribution in [-0.4, -0.2) is 29.5 Å². The first-order valence-corrected chi connectivity index (χ1v) is 6.59. The fourth-order valence-corrected chi connectivity index (χ4v) is 2.62. The van der Waals surface area contributed by atoms with Crippen molar-refractivity contribution in [2.75, 3.05) is 19.6 Å². The van der Waals surface area contributed by atoms with Crippen LogP contribution in [0.5, 0.6) is 0 Å². The zero-order valence-electron chi connectivity index (χ0n) is 10.3. The topological polar surface area (TPSA) is 42.2 Å². The second-order valence-electron chi connectivity index (χ2n) is 4.96. The number of rotatable bonds is 3. The van der Waals surface area contributed by atoms with Gasteiger partial charge in [-0.05, 0) is 43.5 Å². The highest BCUT2D eigenvalue weighted by molar-refractivity contribution is 6.30. The van der Waals surface area contributed by atoms with Crippen LogP contribution >= 0.6 is 11.6 Å². The Kier molecular flexibility index (Phi) is 4.37. The van der Waals surface area contributed by atoms with Crippen molar-refractivity contribution >= 4 is 11.6 Å². The Morgan fingerprint density at radius 3 is 3.12 bits per heavy atom. The lowest BCUT2D eigenvalue weighted by Crippen LogP contribution is -2.42. The lowest BCUT2D eigenvalue weighted by Gasteiger charge is -2.36. The third-order valence-corrected chi connectivity index (χ3v) is 3.90. The van der Waals surface area contributed by atoms with Crippen LogP contribution in [0.3, 0.4) is 0 Å². The van der Waals surface area contributed by atoms with Gasteiger partial charge in [-0.3, -0.25) is 9.88 Å². The molecule has 0 amide bonds. The van der Waals surface area contributed by atoms with Crippen molar-refractivity contribution in [2.45, 2.75) is 19.9 Å². The number of nitrogens with two attached hydrogens (primary N) is 1. The predicted octanol–water partition coefficient (Wildman–Crippen LogP) is 2.15. The van der Waals surface area contributed by atoms with Crippen LogP contribution in [0.2, 0.25) is 5.02 Å². The van der Waals surface area contributed by atoms with Crippen LogP contribution in [0.4, 0.5) is 0 Å². The third-order valence-electron chi connectivity index (χ3n) is 3.67. The number of halogens is 1. The maximum absolute atomic E-state index is 5.96. The zero-order valence-corrected chi connectivity index (χ0v) is 11.0. The number of hydrogen-bond donors (Lipinski definition) is 1. The van der Waals surface area contributed by atoms with Gasteiger partial charge in [0.05, 0.1) is 5.69 Å². The summed E-state index contributed by atoms with van der Waals surface area (Å²) in [6.45, 7) is 6.16. The van der Waals surface area contributed by atoms with Crippen LogP contribution < -0.4 is 5.73 Å². The second kappa shape index (κ2) is 5.80. The van der Waals surface area contributed by atoms with Crippen molar-refractivity contribution < 1.29 is 0 Å². The molecule has 1 aromatic rings. The van der Waals surface area contributed by atoms with Gasteiger partial charge in [-0.15, -0.1) is 0 Å². The van der Waals surface area contributed by atoms with Gasteiger partial charge >= 0.3 is 0 Å². The number of likely N-dealkylation sites (tertiary alicyclic amines) is 1. The quantitative estimate of drug-likeness (QED) is 0.898. The highest BCUT2D eigenvalue weighted by Crippen LogP contribution is 2.23. The first-order valence-electron chi connectivity index (χ1n) is 6.22. The summed E-state index contributed by atoms with van der Waals surface area (Å²) >= 11 is 5.96. The molecule has 2 rings (SSSR count). The monoisotopic (exact) mass is 253 g/mol. The van der Waals surface area contributed by atoms with Crippen LogP contribution in [0.25, 0.3) is 0 Å². The molecule has 4 heteroatoms. The summed E-state index contributed by atoms with van der Waals surface area (Å²) in [5.74, 6) is 1.35. The standard InChI is InChI=1S/C13H20ClN3/c1-10-3-5-17(8-11(10)7-15)9-13-6-12(14)2-4-16-13/h2,4,6,10-11H,3,5,7-9,15H2,1H3. The molecule has 0 bridgehead atoms. The highest BCUT2D eigenvalue weighted by atomic mass is 35.5. The SMILES string of the molecule is CC1CCN(Cc2cc(Cl)ccn2)CC1CN. The lowest BCUT2D eigenvalue weighted by molar-refractivity contribution is 0.125. The van der Waals surface area contributed by atoms with Crippen LogP contribution in [-0.2, 0) is 6.54 Å². The maximum atomic E-state index is 5.96. The molecule has 1 aliphatic heterocycles. The Labute approximate surface area is 108 Å². The highest BCUT2D eigenvalue weighted by Gasteiger charge is 2.25. The van der Waals surface area contributed by atoms with E-state index in [4.69, 9.17) is 17.3 Å². The molecule has 1 aliphatic rings. The molecular weight excluding hydrogens is 234 g/mol. The smallest absolute Gasteiger partial charge is 0.0558 e. The van der Waals surface area contributed by atoms with E-state index in [-0.39, 0.29) is 0 Å². The van der Waals surface area contributed by atoms with E-state index in [9.17, 15) is 0 Å². The molecule has 94 valence electrons. The van der Waals surface area contributed by atoms with Crippen molar-refractivity contribution in [1.29, 1.82) is 0 Å². The molecule has 3 nitrogen and oxygen atoms in total. The summed E-state index contributed by atoms with van der Waals surface area (Å²) in [5.41, 5.74) is 6.85. The largest absolute Gasteiger partial charge is 0.330 e. The van der Waals surface area contributed by atoms with E-state index < -0.39 is 0 Å².